The number of ether oxygens (including phenoxy) is 1. The van der Waals surface area contributed by atoms with Crippen molar-refractivity contribution in [1.29, 1.82) is 0 Å². The second kappa shape index (κ2) is 9.66. The van der Waals surface area contributed by atoms with Crippen molar-refractivity contribution in [2.24, 2.45) is 0 Å². The summed E-state index contributed by atoms with van der Waals surface area (Å²) in [5.74, 6) is -0.224. The Kier molecular flexibility index (Phi) is 7.00. The normalized spacial score (nSPS) is 16.8. The van der Waals surface area contributed by atoms with E-state index in [1.54, 1.807) is 24.1 Å². The maximum Gasteiger partial charge on any atom is 0.273 e. The van der Waals surface area contributed by atoms with E-state index in [2.05, 4.69) is 15.6 Å². The van der Waals surface area contributed by atoms with Crippen molar-refractivity contribution in [1.82, 2.24) is 25.2 Å². The van der Waals surface area contributed by atoms with Crippen LogP contribution in [0.2, 0.25) is 5.02 Å². The van der Waals surface area contributed by atoms with E-state index in [1.807, 2.05) is 23.1 Å². The van der Waals surface area contributed by atoms with Crippen LogP contribution in [0.1, 0.15) is 34.9 Å². The van der Waals surface area contributed by atoms with Crippen molar-refractivity contribution in [3.05, 3.63) is 46.7 Å². The number of carbonyl (C=O) groups is 2. The van der Waals surface area contributed by atoms with Gasteiger partial charge in [-0.3, -0.25) is 9.59 Å². The Labute approximate surface area is 168 Å². The zero-order valence-corrected chi connectivity index (χ0v) is 16.6. The SMILES string of the molecule is COCCNC(=O)c1cn(C2CCCN(C(=O)Cc3cccc(Cl)c3)C2)nn1. The van der Waals surface area contributed by atoms with Crippen molar-refractivity contribution >= 4 is 23.4 Å². The average molecular weight is 406 g/mol. The summed E-state index contributed by atoms with van der Waals surface area (Å²) in [5, 5.41) is 11.4. The zero-order chi connectivity index (χ0) is 19.9. The van der Waals surface area contributed by atoms with Crippen molar-refractivity contribution in [2.45, 2.75) is 25.3 Å². The maximum atomic E-state index is 12.7. The fourth-order valence-electron chi connectivity index (χ4n) is 3.25. The van der Waals surface area contributed by atoms with Crippen LogP contribution >= 0.6 is 11.6 Å². The van der Waals surface area contributed by atoms with Crippen LogP contribution in [0.5, 0.6) is 0 Å². The number of benzene rings is 1. The van der Waals surface area contributed by atoms with E-state index < -0.39 is 0 Å². The van der Waals surface area contributed by atoms with E-state index in [-0.39, 0.29) is 23.6 Å². The van der Waals surface area contributed by atoms with E-state index >= 15 is 0 Å². The largest absolute Gasteiger partial charge is 0.383 e. The minimum Gasteiger partial charge on any atom is -0.383 e. The molecule has 8 nitrogen and oxygen atoms in total. The molecule has 1 aromatic heterocycles. The van der Waals surface area contributed by atoms with Crippen LogP contribution in [0.25, 0.3) is 0 Å². The van der Waals surface area contributed by atoms with Gasteiger partial charge in [0.25, 0.3) is 5.91 Å². The molecular formula is C19H24ClN5O3. The highest BCUT2D eigenvalue weighted by Crippen LogP contribution is 2.22. The predicted octanol–water partition coefficient (Wildman–Crippen LogP) is 1.71. The minimum absolute atomic E-state index is 0.00471. The van der Waals surface area contributed by atoms with Gasteiger partial charge in [-0.2, -0.15) is 0 Å². The lowest BCUT2D eigenvalue weighted by molar-refractivity contribution is -0.132. The van der Waals surface area contributed by atoms with Gasteiger partial charge < -0.3 is 15.0 Å². The second-order valence-electron chi connectivity index (χ2n) is 6.77. The number of halogens is 1. The van der Waals surface area contributed by atoms with Gasteiger partial charge in [-0.1, -0.05) is 28.9 Å². The lowest BCUT2D eigenvalue weighted by Gasteiger charge is -2.32. The Morgan fingerprint density at radius 3 is 3.04 bits per heavy atom. The first-order valence-electron chi connectivity index (χ1n) is 9.28. The molecule has 1 aromatic carbocycles. The number of hydrogen-bond acceptors (Lipinski definition) is 5. The maximum absolute atomic E-state index is 12.7. The third-order valence-corrected chi connectivity index (χ3v) is 4.94. The number of piperidine rings is 1. The van der Waals surface area contributed by atoms with Crippen LogP contribution < -0.4 is 5.32 Å². The first kappa shape index (κ1) is 20.3. The molecule has 2 heterocycles. The summed E-state index contributed by atoms with van der Waals surface area (Å²) < 4.78 is 6.60. The minimum atomic E-state index is -0.284. The van der Waals surface area contributed by atoms with E-state index in [0.717, 1.165) is 24.9 Å². The molecule has 2 aromatic rings. The summed E-state index contributed by atoms with van der Waals surface area (Å²) in [4.78, 5) is 26.6. The number of nitrogens with one attached hydrogen (secondary N) is 1. The Morgan fingerprint density at radius 2 is 2.25 bits per heavy atom. The number of likely N-dealkylation sites (tertiary alicyclic amines) is 1. The van der Waals surface area contributed by atoms with Crippen LogP contribution in [0.4, 0.5) is 0 Å². The van der Waals surface area contributed by atoms with E-state index in [1.165, 1.54) is 0 Å². The standard InChI is InChI=1S/C19H24ClN5O3/c1-28-9-7-21-19(27)17-13-25(23-22-17)16-6-3-8-24(12-16)18(26)11-14-4-2-5-15(20)10-14/h2,4-5,10,13,16H,3,6-9,11-12H2,1H3,(H,21,27). The molecule has 2 amide bonds. The van der Waals surface area contributed by atoms with Gasteiger partial charge in [0, 0.05) is 31.8 Å². The number of amides is 2. The molecule has 0 bridgehead atoms. The average Bonchev–Trinajstić information content (AvgIpc) is 3.19. The Balaban J connectivity index is 1.58. The topological polar surface area (TPSA) is 89.4 Å². The molecule has 0 radical (unpaired) electrons. The smallest absolute Gasteiger partial charge is 0.273 e. The third kappa shape index (κ3) is 5.30. The predicted molar refractivity (Wildman–Crippen MR) is 104 cm³/mol. The quantitative estimate of drug-likeness (QED) is 0.708. The van der Waals surface area contributed by atoms with Gasteiger partial charge in [0.1, 0.15) is 0 Å². The van der Waals surface area contributed by atoms with E-state index in [0.29, 0.717) is 31.1 Å². The zero-order valence-electron chi connectivity index (χ0n) is 15.8. The Hall–Kier alpha value is -2.45. The lowest BCUT2D eigenvalue weighted by atomic mass is 10.0. The molecule has 1 aliphatic heterocycles. The summed E-state index contributed by atoms with van der Waals surface area (Å²) in [5.41, 5.74) is 1.16. The third-order valence-electron chi connectivity index (χ3n) is 4.70. The highest BCUT2D eigenvalue weighted by Gasteiger charge is 2.26. The van der Waals surface area contributed by atoms with Crippen molar-refractivity contribution < 1.29 is 14.3 Å². The van der Waals surface area contributed by atoms with Gasteiger partial charge in [-0.15, -0.1) is 5.10 Å². The highest BCUT2D eigenvalue weighted by atomic mass is 35.5. The van der Waals surface area contributed by atoms with Crippen LogP contribution in [0.15, 0.2) is 30.5 Å². The van der Waals surface area contributed by atoms with Gasteiger partial charge in [0.2, 0.25) is 5.91 Å². The number of methoxy groups -OCH3 is 1. The molecule has 0 saturated carbocycles. The van der Waals surface area contributed by atoms with Gasteiger partial charge in [-0.05, 0) is 30.5 Å². The fraction of sp³-hybridized carbons (Fsp3) is 0.474. The first-order chi connectivity index (χ1) is 13.6. The Bertz CT molecular complexity index is 825. The number of rotatable bonds is 7. The number of aromatic nitrogens is 3. The van der Waals surface area contributed by atoms with Crippen molar-refractivity contribution in [3.63, 3.8) is 0 Å². The van der Waals surface area contributed by atoms with Crippen LogP contribution in [-0.2, 0) is 16.0 Å². The van der Waals surface area contributed by atoms with Crippen LogP contribution in [0.3, 0.4) is 0 Å². The lowest BCUT2D eigenvalue weighted by Crippen LogP contribution is -2.41. The number of hydrogen-bond donors (Lipinski definition) is 1. The number of carbonyl (C=O) groups excluding carboxylic acids is 2. The van der Waals surface area contributed by atoms with Crippen molar-refractivity contribution in [3.8, 4) is 0 Å². The van der Waals surface area contributed by atoms with E-state index in [4.69, 9.17) is 16.3 Å². The van der Waals surface area contributed by atoms with Crippen LogP contribution in [0, 0.1) is 0 Å². The molecule has 1 unspecified atom stereocenters. The summed E-state index contributed by atoms with van der Waals surface area (Å²) in [6.07, 6.45) is 3.71. The van der Waals surface area contributed by atoms with Gasteiger partial charge in [0.15, 0.2) is 5.69 Å². The van der Waals surface area contributed by atoms with E-state index in [9.17, 15) is 9.59 Å². The van der Waals surface area contributed by atoms with Gasteiger partial charge in [0.05, 0.1) is 25.3 Å². The molecule has 3 rings (SSSR count). The van der Waals surface area contributed by atoms with Crippen LogP contribution in [-0.4, -0.2) is 65.1 Å². The molecule has 1 saturated heterocycles. The Morgan fingerprint density at radius 1 is 1.39 bits per heavy atom. The van der Waals surface area contributed by atoms with Crippen molar-refractivity contribution in [2.75, 3.05) is 33.4 Å². The molecule has 1 atom stereocenters. The molecule has 9 heteroatoms. The molecule has 1 aliphatic rings. The summed E-state index contributed by atoms with van der Waals surface area (Å²) in [6, 6.07) is 7.35. The summed E-state index contributed by atoms with van der Waals surface area (Å²) >= 11 is 6.00. The number of nitrogens with zero attached hydrogens (tertiary/aromatic N) is 4. The summed E-state index contributed by atoms with van der Waals surface area (Å²) in [7, 11) is 1.57. The molecule has 28 heavy (non-hydrogen) atoms. The summed E-state index contributed by atoms with van der Waals surface area (Å²) in [6.45, 7) is 2.12. The molecule has 1 N–H and O–H groups in total. The van der Waals surface area contributed by atoms with Gasteiger partial charge in [-0.25, -0.2) is 4.68 Å². The highest BCUT2D eigenvalue weighted by molar-refractivity contribution is 6.30. The molecule has 1 fully saturated rings. The monoisotopic (exact) mass is 405 g/mol. The fourth-order valence-corrected chi connectivity index (χ4v) is 3.46. The second-order valence-corrected chi connectivity index (χ2v) is 7.21. The molecule has 0 aliphatic carbocycles. The molecule has 0 spiro atoms. The van der Waals surface area contributed by atoms with Gasteiger partial charge >= 0.3 is 0 Å². The molecular weight excluding hydrogens is 382 g/mol. The first-order valence-corrected chi connectivity index (χ1v) is 9.66. The molecule has 150 valence electrons.